The second kappa shape index (κ2) is 3.86. The van der Waals surface area contributed by atoms with Crippen LogP contribution < -0.4 is 5.32 Å². The molecule has 3 N–H and O–H groups in total. The first-order valence-corrected chi connectivity index (χ1v) is 3.74. The van der Waals surface area contributed by atoms with Gasteiger partial charge in [0, 0.05) is 18.0 Å². The van der Waals surface area contributed by atoms with Crippen LogP contribution in [0, 0.1) is 0 Å². The number of carbonyl (C=O) groups excluding carboxylic acids is 1. The van der Waals surface area contributed by atoms with Gasteiger partial charge in [0.15, 0.2) is 11.8 Å². The van der Waals surface area contributed by atoms with Gasteiger partial charge in [0.05, 0.1) is 0 Å². The predicted molar refractivity (Wildman–Crippen MR) is 45.6 cm³/mol. The molecule has 0 spiro atoms. The van der Waals surface area contributed by atoms with Gasteiger partial charge in [-0.15, -0.1) is 0 Å². The molecule has 1 heterocycles. The zero-order chi connectivity index (χ0) is 9.84. The minimum Gasteiger partial charge on any atom is -0.480 e. The largest absolute Gasteiger partial charge is 0.480 e. The summed E-state index contributed by atoms with van der Waals surface area (Å²) >= 11 is 0. The van der Waals surface area contributed by atoms with E-state index in [9.17, 15) is 9.59 Å². The zero-order valence-electron chi connectivity index (χ0n) is 7.07. The number of aliphatic carboxylic acids is 1. The minimum atomic E-state index is -1.17. The van der Waals surface area contributed by atoms with E-state index in [0.29, 0.717) is 5.56 Å². The SMILES string of the molecule is CNC(C(=O)O)C(=O)c1cc[nH]c1. The average molecular weight is 182 g/mol. The maximum Gasteiger partial charge on any atom is 0.328 e. The molecule has 0 fully saturated rings. The van der Waals surface area contributed by atoms with Crippen molar-refractivity contribution in [2.75, 3.05) is 7.05 Å². The van der Waals surface area contributed by atoms with Crippen molar-refractivity contribution in [1.82, 2.24) is 10.3 Å². The fraction of sp³-hybridized carbons (Fsp3) is 0.250. The standard InChI is InChI=1S/C8H10N2O3/c1-9-6(8(12)13)7(11)5-2-3-10-4-5/h2-4,6,9-10H,1H3,(H,12,13). The van der Waals surface area contributed by atoms with E-state index in [0.717, 1.165) is 0 Å². The van der Waals surface area contributed by atoms with Crippen LogP contribution in [-0.2, 0) is 4.79 Å². The summed E-state index contributed by atoms with van der Waals surface area (Å²) in [7, 11) is 1.43. The molecular weight excluding hydrogens is 172 g/mol. The summed E-state index contributed by atoms with van der Waals surface area (Å²) < 4.78 is 0. The molecule has 0 aromatic carbocycles. The van der Waals surface area contributed by atoms with Crippen LogP contribution in [0.4, 0.5) is 0 Å². The van der Waals surface area contributed by atoms with Crippen LogP contribution >= 0.6 is 0 Å². The van der Waals surface area contributed by atoms with Gasteiger partial charge in [-0.3, -0.25) is 9.59 Å². The van der Waals surface area contributed by atoms with Gasteiger partial charge in [0.1, 0.15) is 0 Å². The minimum absolute atomic E-state index is 0.363. The van der Waals surface area contributed by atoms with Gasteiger partial charge in [-0.1, -0.05) is 0 Å². The molecule has 5 heteroatoms. The van der Waals surface area contributed by atoms with Crippen molar-refractivity contribution in [2.24, 2.45) is 0 Å². The Morgan fingerprint density at radius 1 is 1.62 bits per heavy atom. The second-order valence-corrected chi connectivity index (χ2v) is 2.52. The maximum atomic E-state index is 11.4. The summed E-state index contributed by atoms with van der Waals surface area (Å²) in [4.78, 5) is 24.7. The average Bonchev–Trinajstić information content (AvgIpc) is 2.56. The van der Waals surface area contributed by atoms with Crippen LogP contribution in [0.3, 0.4) is 0 Å². The number of Topliss-reactive ketones (excluding diaryl/α,β-unsaturated/α-hetero) is 1. The lowest BCUT2D eigenvalue weighted by Crippen LogP contribution is -2.41. The second-order valence-electron chi connectivity index (χ2n) is 2.52. The summed E-state index contributed by atoms with van der Waals surface area (Å²) in [6, 6.07) is 0.367. The Balaban J connectivity index is 2.83. The van der Waals surface area contributed by atoms with Crippen molar-refractivity contribution in [3.05, 3.63) is 24.0 Å². The number of carbonyl (C=O) groups is 2. The van der Waals surface area contributed by atoms with Gasteiger partial charge >= 0.3 is 5.97 Å². The highest BCUT2D eigenvalue weighted by Gasteiger charge is 2.25. The van der Waals surface area contributed by atoms with Crippen LogP contribution in [-0.4, -0.2) is 34.9 Å². The highest BCUT2D eigenvalue weighted by Crippen LogP contribution is 2.02. The molecule has 0 saturated heterocycles. The first kappa shape index (κ1) is 9.47. The number of carboxylic acid groups (broad SMARTS) is 1. The van der Waals surface area contributed by atoms with Gasteiger partial charge < -0.3 is 15.4 Å². The fourth-order valence-corrected chi connectivity index (χ4v) is 1.01. The van der Waals surface area contributed by atoms with Gasteiger partial charge in [0.25, 0.3) is 0 Å². The number of ketones is 1. The number of nitrogens with one attached hydrogen (secondary N) is 2. The molecular formula is C8H10N2O3. The molecule has 0 aliphatic rings. The highest BCUT2D eigenvalue weighted by atomic mass is 16.4. The molecule has 1 unspecified atom stereocenters. The van der Waals surface area contributed by atoms with Crippen molar-refractivity contribution >= 4 is 11.8 Å². The number of aromatic nitrogens is 1. The summed E-state index contributed by atoms with van der Waals surface area (Å²) in [5, 5.41) is 11.1. The quantitative estimate of drug-likeness (QED) is 0.447. The molecule has 1 aromatic rings. The number of carboxylic acids is 1. The van der Waals surface area contributed by atoms with Crippen molar-refractivity contribution in [1.29, 1.82) is 0 Å². The Morgan fingerprint density at radius 2 is 2.31 bits per heavy atom. The smallest absolute Gasteiger partial charge is 0.328 e. The normalized spacial score (nSPS) is 12.4. The third-order valence-corrected chi connectivity index (χ3v) is 1.68. The molecule has 0 radical (unpaired) electrons. The van der Waals surface area contributed by atoms with Crippen molar-refractivity contribution in [2.45, 2.75) is 6.04 Å². The molecule has 13 heavy (non-hydrogen) atoms. The Bertz CT molecular complexity index is 305. The Kier molecular flexibility index (Phi) is 2.81. The molecule has 0 saturated carbocycles. The molecule has 0 amide bonds. The molecule has 0 bridgehead atoms. The van der Waals surface area contributed by atoms with E-state index < -0.39 is 17.8 Å². The monoisotopic (exact) mass is 182 g/mol. The van der Waals surface area contributed by atoms with E-state index in [1.54, 1.807) is 6.20 Å². The molecule has 0 aliphatic carbocycles. The van der Waals surface area contributed by atoms with E-state index in [2.05, 4.69) is 10.3 Å². The Labute approximate surface area is 74.8 Å². The van der Waals surface area contributed by atoms with Crippen molar-refractivity contribution in [3.8, 4) is 0 Å². The lowest BCUT2D eigenvalue weighted by molar-refractivity contribution is -0.137. The fourth-order valence-electron chi connectivity index (χ4n) is 1.01. The summed E-state index contributed by atoms with van der Waals surface area (Å²) in [6.07, 6.45) is 3.04. The number of hydrogen-bond acceptors (Lipinski definition) is 3. The van der Waals surface area contributed by atoms with Crippen LogP contribution in [0.1, 0.15) is 10.4 Å². The third-order valence-electron chi connectivity index (χ3n) is 1.68. The molecule has 1 aromatic heterocycles. The highest BCUT2D eigenvalue weighted by molar-refractivity contribution is 6.11. The predicted octanol–water partition coefficient (Wildman–Crippen LogP) is -0.130. The van der Waals surface area contributed by atoms with Crippen LogP contribution in [0.15, 0.2) is 18.5 Å². The van der Waals surface area contributed by atoms with Crippen molar-refractivity contribution in [3.63, 3.8) is 0 Å². The summed E-state index contributed by atoms with van der Waals surface area (Å²) in [5.41, 5.74) is 0.363. The van der Waals surface area contributed by atoms with Gasteiger partial charge in [0.2, 0.25) is 0 Å². The number of likely N-dealkylation sites (N-methyl/N-ethyl adjacent to an activating group) is 1. The summed E-state index contributed by atoms with van der Waals surface area (Å²) in [5.74, 6) is -1.62. The number of rotatable bonds is 4. The first-order valence-electron chi connectivity index (χ1n) is 3.74. The van der Waals surface area contributed by atoms with E-state index in [1.807, 2.05) is 0 Å². The van der Waals surface area contributed by atoms with Crippen molar-refractivity contribution < 1.29 is 14.7 Å². The molecule has 5 nitrogen and oxygen atoms in total. The van der Waals surface area contributed by atoms with E-state index in [-0.39, 0.29) is 0 Å². The number of aromatic amines is 1. The van der Waals surface area contributed by atoms with E-state index >= 15 is 0 Å². The zero-order valence-corrected chi connectivity index (χ0v) is 7.07. The van der Waals surface area contributed by atoms with E-state index in [4.69, 9.17) is 5.11 Å². The Hall–Kier alpha value is -1.62. The van der Waals surface area contributed by atoms with E-state index in [1.165, 1.54) is 19.3 Å². The van der Waals surface area contributed by atoms with Gasteiger partial charge in [-0.2, -0.15) is 0 Å². The first-order chi connectivity index (χ1) is 6.16. The van der Waals surface area contributed by atoms with Crippen LogP contribution in [0.25, 0.3) is 0 Å². The van der Waals surface area contributed by atoms with Gasteiger partial charge in [-0.05, 0) is 13.1 Å². The third kappa shape index (κ3) is 1.94. The maximum absolute atomic E-state index is 11.4. The molecule has 70 valence electrons. The topological polar surface area (TPSA) is 82.2 Å². The van der Waals surface area contributed by atoms with Crippen LogP contribution in [0.2, 0.25) is 0 Å². The van der Waals surface area contributed by atoms with Gasteiger partial charge in [-0.25, -0.2) is 0 Å². The number of H-pyrrole nitrogens is 1. The lowest BCUT2D eigenvalue weighted by Gasteiger charge is -2.07. The molecule has 1 rings (SSSR count). The molecule has 1 atom stereocenters. The Morgan fingerprint density at radius 3 is 2.69 bits per heavy atom. The molecule has 0 aliphatic heterocycles. The summed E-state index contributed by atoms with van der Waals surface area (Å²) in [6.45, 7) is 0. The number of hydrogen-bond donors (Lipinski definition) is 3. The van der Waals surface area contributed by atoms with Crippen LogP contribution in [0.5, 0.6) is 0 Å². The lowest BCUT2D eigenvalue weighted by atomic mass is 10.1.